The minimum Gasteiger partial charge on any atom is -0.454 e. The number of nitrogens with zero attached hydrogens (tertiary/aromatic N) is 3. The van der Waals surface area contributed by atoms with Crippen molar-refractivity contribution in [2.75, 3.05) is 30.5 Å². The van der Waals surface area contributed by atoms with E-state index in [4.69, 9.17) is 9.47 Å². The number of rotatable bonds is 5. The molecule has 3 amide bonds. The summed E-state index contributed by atoms with van der Waals surface area (Å²) in [5.74, 6) is -0.0998. The van der Waals surface area contributed by atoms with Crippen molar-refractivity contribution in [2.24, 2.45) is 5.92 Å². The summed E-state index contributed by atoms with van der Waals surface area (Å²) in [6.45, 7) is 4.96. The van der Waals surface area contributed by atoms with E-state index in [2.05, 4.69) is 20.8 Å². The Balaban J connectivity index is 1.20. The van der Waals surface area contributed by atoms with Crippen molar-refractivity contribution >= 4 is 40.4 Å². The Morgan fingerprint density at radius 2 is 1.69 bits per heavy atom. The molecular weight excluding hydrogens is 482 g/mol. The van der Waals surface area contributed by atoms with Crippen LogP contribution in [0.5, 0.6) is 11.5 Å². The number of carbonyl (C=O) groups is 3. The average molecular weight is 508 g/mol. The molecule has 0 bridgehead atoms. The molecule has 2 aliphatic rings. The van der Waals surface area contributed by atoms with E-state index in [1.54, 1.807) is 23.1 Å². The number of aryl methyl sites for hydroxylation is 2. The lowest BCUT2D eigenvalue weighted by molar-refractivity contribution is -0.121. The van der Waals surface area contributed by atoms with Crippen LogP contribution in [-0.4, -0.2) is 52.7 Å². The fraction of sp³-hybridized carbons (Fsp3) is 0.320. The summed E-state index contributed by atoms with van der Waals surface area (Å²) in [5, 5.41) is 13.7. The third-order valence-corrected chi connectivity index (χ3v) is 7.20. The molecule has 36 heavy (non-hydrogen) atoms. The summed E-state index contributed by atoms with van der Waals surface area (Å²) in [4.78, 5) is 40.2. The minimum absolute atomic E-state index is 0.0667. The van der Waals surface area contributed by atoms with Gasteiger partial charge < -0.3 is 25.0 Å². The average Bonchev–Trinajstić information content (AvgIpc) is 3.56. The molecule has 0 unspecified atom stereocenters. The number of hydrogen-bond acceptors (Lipinski definition) is 8. The lowest BCUT2D eigenvalue weighted by Gasteiger charge is -2.31. The second-order valence-corrected chi connectivity index (χ2v) is 9.79. The highest BCUT2D eigenvalue weighted by atomic mass is 32.1. The highest BCUT2D eigenvalue weighted by Crippen LogP contribution is 2.34. The van der Waals surface area contributed by atoms with Crippen LogP contribution < -0.4 is 20.1 Å². The molecule has 3 aromatic rings. The number of nitrogens with one attached hydrogen (secondary N) is 2. The molecule has 0 aliphatic carbocycles. The van der Waals surface area contributed by atoms with E-state index in [0.717, 1.165) is 28.2 Å². The first kappa shape index (κ1) is 23.7. The largest absolute Gasteiger partial charge is 0.454 e. The number of ether oxygens (including phenoxy) is 2. The summed E-state index contributed by atoms with van der Waals surface area (Å²) in [5.41, 5.74) is 3.51. The van der Waals surface area contributed by atoms with Gasteiger partial charge in [0, 0.05) is 30.5 Å². The quantitative estimate of drug-likeness (QED) is 0.541. The molecule has 186 valence electrons. The second-order valence-electron chi connectivity index (χ2n) is 8.81. The predicted molar refractivity (Wildman–Crippen MR) is 134 cm³/mol. The maximum atomic E-state index is 13.1. The zero-order chi connectivity index (χ0) is 25.2. The predicted octanol–water partition coefficient (Wildman–Crippen LogP) is 3.63. The molecular formula is C25H25N5O5S. The van der Waals surface area contributed by atoms with Gasteiger partial charge in [-0.25, -0.2) is 0 Å². The SMILES string of the molecule is Cc1ccc(NC(=O)[C@@H]2CCCN(C(=O)c3nnc(C(=O)Nc4ccc5c(c4)OCO5)s3)C2)cc1C. The van der Waals surface area contributed by atoms with Crippen molar-refractivity contribution in [3.63, 3.8) is 0 Å². The first-order chi connectivity index (χ1) is 17.4. The first-order valence-corrected chi connectivity index (χ1v) is 12.4. The highest BCUT2D eigenvalue weighted by molar-refractivity contribution is 7.15. The molecule has 11 heteroatoms. The summed E-state index contributed by atoms with van der Waals surface area (Å²) < 4.78 is 10.6. The number of likely N-dealkylation sites (tertiary alicyclic amines) is 1. The van der Waals surface area contributed by atoms with Gasteiger partial charge in [0.2, 0.25) is 22.7 Å². The van der Waals surface area contributed by atoms with Crippen molar-refractivity contribution in [1.29, 1.82) is 0 Å². The Hall–Kier alpha value is -3.99. The topological polar surface area (TPSA) is 123 Å². The van der Waals surface area contributed by atoms with Crippen molar-refractivity contribution in [3.8, 4) is 11.5 Å². The van der Waals surface area contributed by atoms with Crippen LogP contribution in [0.3, 0.4) is 0 Å². The van der Waals surface area contributed by atoms with Crippen molar-refractivity contribution in [1.82, 2.24) is 15.1 Å². The van der Waals surface area contributed by atoms with E-state index in [-0.39, 0.29) is 41.1 Å². The van der Waals surface area contributed by atoms with Gasteiger partial charge in [-0.05, 0) is 62.1 Å². The molecule has 5 rings (SSSR count). The van der Waals surface area contributed by atoms with Gasteiger partial charge in [0.1, 0.15) is 0 Å². The summed E-state index contributed by atoms with van der Waals surface area (Å²) in [6.07, 6.45) is 1.40. The first-order valence-electron chi connectivity index (χ1n) is 11.6. The normalized spacial score (nSPS) is 16.5. The van der Waals surface area contributed by atoms with Crippen molar-refractivity contribution in [3.05, 3.63) is 57.5 Å². The van der Waals surface area contributed by atoms with Gasteiger partial charge in [0.25, 0.3) is 11.8 Å². The van der Waals surface area contributed by atoms with Crippen molar-refractivity contribution in [2.45, 2.75) is 26.7 Å². The minimum atomic E-state index is -0.477. The van der Waals surface area contributed by atoms with E-state index in [0.29, 0.717) is 36.6 Å². The molecule has 1 atom stereocenters. The molecule has 1 aromatic heterocycles. The number of fused-ring (bicyclic) bond motifs is 1. The van der Waals surface area contributed by atoms with Gasteiger partial charge in [0.15, 0.2) is 11.5 Å². The Kier molecular flexibility index (Phi) is 6.55. The molecule has 3 heterocycles. The number of amides is 3. The standard InChI is InChI=1S/C25H25N5O5S/c1-14-5-6-17(10-15(14)2)26-21(31)16-4-3-9-30(12-16)25(33)24-29-28-23(36-24)22(32)27-18-7-8-19-20(11-18)35-13-34-19/h5-8,10-11,16H,3-4,9,12-13H2,1-2H3,(H,26,31)(H,27,32)/t16-/m1/s1. The summed E-state index contributed by atoms with van der Waals surface area (Å²) >= 11 is 0.921. The third kappa shape index (κ3) is 5.01. The van der Waals surface area contributed by atoms with Gasteiger partial charge in [0.05, 0.1) is 5.92 Å². The third-order valence-electron chi connectivity index (χ3n) is 6.29. The number of anilines is 2. The highest BCUT2D eigenvalue weighted by Gasteiger charge is 2.31. The molecule has 2 N–H and O–H groups in total. The van der Waals surface area contributed by atoms with Crippen LogP contribution in [0.1, 0.15) is 43.6 Å². The lowest BCUT2D eigenvalue weighted by atomic mass is 9.97. The molecule has 1 fully saturated rings. The molecule has 2 aliphatic heterocycles. The maximum absolute atomic E-state index is 13.1. The Morgan fingerprint density at radius 1 is 0.944 bits per heavy atom. The van der Waals surface area contributed by atoms with Gasteiger partial charge >= 0.3 is 0 Å². The lowest BCUT2D eigenvalue weighted by Crippen LogP contribution is -2.43. The van der Waals surface area contributed by atoms with Crippen LogP contribution in [0.4, 0.5) is 11.4 Å². The number of aromatic nitrogens is 2. The summed E-state index contributed by atoms with van der Waals surface area (Å²) in [7, 11) is 0. The van der Waals surface area contributed by atoms with Gasteiger partial charge in [-0.3, -0.25) is 14.4 Å². The van der Waals surface area contributed by atoms with E-state index in [1.165, 1.54) is 0 Å². The fourth-order valence-electron chi connectivity index (χ4n) is 4.13. The van der Waals surface area contributed by atoms with Gasteiger partial charge in [-0.1, -0.05) is 17.4 Å². The molecule has 0 radical (unpaired) electrons. The number of piperidine rings is 1. The zero-order valence-corrected chi connectivity index (χ0v) is 20.7. The van der Waals surface area contributed by atoms with E-state index in [9.17, 15) is 14.4 Å². The number of carbonyl (C=O) groups excluding carboxylic acids is 3. The van der Waals surface area contributed by atoms with Crippen LogP contribution in [0.25, 0.3) is 0 Å². The van der Waals surface area contributed by atoms with E-state index < -0.39 is 5.91 Å². The van der Waals surface area contributed by atoms with Crippen LogP contribution in [0.2, 0.25) is 0 Å². The summed E-state index contributed by atoms with van der Waals surface area (Å²) in [6, 6.07) is 10.8. The zero-order valence-electron chi connectivity index (χ0n) is 19.9. The maximum Gasteiger partial charge on any atom is 0.286 e. The van der Waals surface area contributed by atoms with E-state index in [1.807, 2.05) is 32.0 Å². The Bertz CT molecular complexity index is 1340. The smallest absolute Gasteiger partial charge is 0.286 e. The molecule has 0 spiro atoms. The van der Waals surface area contributed by atoms with Crippen LogP contribution in [-0.2, 0) is 4.79 Å². The second kappa shape index (κ2) is 9.94. The van der Waals surface area contributed by atoms with Crippen LogP contribution >= 0.6 is 11.3 Å². The molecule has 0 saturated carbocycles. The number of hydrogen-bond donors (Lipinski definition) is 2. The fourth-order valence-corrected chi connectivity index (χ4v) is 4.84. The molecule has 2 aromatic carbocycles. The van der Waals surface area contributed by atoms with Crippen LogP contribution in [0, 0.1) is 19.8 Å². The van der Waals surface area contributed by atoms with Gasteiger partial charge in [-0.15, -0.1) is 10.2 Å². The Labute approximate surface area is 211 Å². The molecule has 1 saturated heterocycles. The molecule has 10 nitrogen and oxygen atoms in total. The van der Waals surface area contributed by atoms with Crippen LogP contribution in [0.15, 0.2) is 36.4 Å². The van der Waals surface area contributed by atoms with Crippen molar-refractivity contribution < 1.29 is 23.9 Å². The van der Waals surface area contributed by atoms with E-state index >= 15 is 0 Å². The Morgan fingerprint density at radius 3 is 2.53 bits per heavy atom. The number of benzene rings is 2. The van der Waals surface area contributed by atoms with Gasteiger partial charge in [-0.2, -0.15) is 0 Å². The monoisotopic (exact) mass is 507 g/mol.